The molecule has 0 fully saturated rings. The second-order valence-corrected chi connectivity index (χ2v) is 6.38. The van der Waals surface area contributed by atoms with Crippen LogP contribution in [0.2, 0.25) is 5.02 Å². The Morgan fingerprint density at radius 1 is 1.08 bits per heavy atom. The molecule has 25 heavy (non-hydrogen) atoms. The van der Waals surface area contributed by atoms with Crippen LogP contribution < -0.4 is 9.47 Å². The molecule has 0 spiro atoms. The molecule has 0 unspecified atom stereocenters. The van der Waals surface area contributed by atoms with Crippen molar-refractivity contribution in [1.82, 2.24) is 4.98 Å². The first-order valence-corrected chi connectivity index (χ1v) is 8.36. The van der Waals surface area contributed by atoms with Gasteiger partial charge in [0, 0.05) is 23.1 Å². The first kappa shape index (κ1) is 17.2. The Morgan fingerprint density at radius 3 is 2.56 bits per heavy atom. The summed E-state index contributed by atoms with van der Waals surface area (Å²) in [6, 6.07) is 14.3. The highest BCUT2D eigenvalue weighted by Gasteiger charge is 2.08. The number of ketones is 1. The molecule has 0 bridgehead atoms. The lowest BCUT2D eigenvalue weighted by atomic mass is 10.1. The summed E-state index contributed by atoms with van der Waals surface area (Å²) >= 11 is 6.22. The van der Waals surface area contributed by atoms with Crippen LogP contribution in [0.15, 0.2) is 48.5 Å². The summed E-state index contributed by atoms with van der Waals surface area (Å²) in [7, 11) is 0. The Morgan fingerprint density at radius 2 is 1.88 bits per heavy atom. The minimum atomic E-state index is 0.0283. The molecule has 0 saturated carbocycles. The molecule has 1 aromatic heterocycles. The van der Waals surface area contributed by atoms with Gasteiger partial charge in [0.1, 0.15) is 11.5 Å². The molecule has 3 rings (SSSR count). The summed E-state index contributed by atoms with van der Waals surface area (Å²) < 4.78 is 11.4. The molecule has 0 aliphatic rings. The van der Waals surface area contributed by atoms with Crippen molar-refractivity contribution in [2.45, 2.75) is 26.9 Å². The Balaban J connectivity index is 1.84. The Labute approximate surface area is 151 Å². The summed E-state index contributed by atoms with van der Waals surface area (Å²) in [5.74, 6) is 1.68. The zero-order valence-corrected chi connectivity index (χ0v) is 15.0. The summed E-state index contributed by atoms with van der Waals surface area (Å²) in [6.45, 7) is 5.43. The lowest BCUT2D eigenvalue weighted by Crippen LogP contribution is -2.05. The van der Waals surface area contributed by atoms with Crippen molar-refractivity contribution in [2.24, 2.45) is 0 Å². The zero-order valence-electron chi connectivity index (χ0n) is 14.2. The third kappa shape index (κ3) is 4.09. The van der Waals surface area contributed by atoms with Crippen molar-refractivity contribution in [3.05, 3.63) is 59.1 Å². The SMILES string of the molecule is CC(=O)c1ccc2nc(Oc3ccc(OC(C)C)c(Cl)c3)ccc2c1. The van der Waals surface area contributed by atoms with Crippen LogP contribution >= 0.6 is 11.6 Å². The minimum absolute atomic E-state index is 0.0283. The molecular weight excluding hydrogens is 338 g/mol. The van der Waals surface area contributed by atoms with Gasteiger partial charge in [-0.2, -0.15) is 0 Å². The molecule has 1 heterocycles. The van der Waals surface area contributed by atoms with E-state index in [0.29, 0.717) is 28.0 Å². The van der Waals surface area contributed by atoms with Crippen molar-refractivity contribution in [3.8, 4) is 17.4 Å². The van der Waals surface area contributed by atoms with Crippen molar-refractivity contribution in [3.63, 3.8) is 0 Å². The predicted molar refractivity (Wildman–Crippen MR) is 99.0 cm³/mol. The summed E-state index contributed by atoms with van der Waals surface area (Å²) in [4.78, 5) is 15.9. The number of halogens is 1. The highest BCUT2D eigenvalue weighted by atomic mass is 35.5. The molecule has 0 radical (unpaired) electrons. The van der Waals surface area contributed by atoms with Crippen LogP contribution in [0, 0.1) is 0 Å². The van der Waals surface area contributed by atoms with Gasteiger partial charge in [-0.05, 0) is 57.2 Å². The third-order valence-electron chi connectivity index (χ3n) is 3.56. The van der Waals surface area contributed by atoms with Crippen LogP contribution in [0.4, 0.5) is 0 Å². The smallest absolute Gasteiger partial charge is 0.219 e. The monoisotopic (exact) mass is 355 g/mol. The van der Waals surface area contributed by atoms with Crippen LogP contribution in [0.25, 0.3) is 10.9 Å². The molecule has 0 atom stereocenters. The van der Waals surface area contributed by atoms with Gasteiger partial charge < -0.3 is 9.47 Å². The summed E-state index contributed by atoms with van der Waals surface area (Å²) in [5.41, 5.74) is 1.42. The van der Waals surface area contributed by atoms with Crippen molar-refractivity contribution in [1.29, 1.82) is 0 Å². The highest BCUT2D eigenvalue weighted by molar-refractivity contribution is 6.32. The molecule has 0 aliphatic heterocycles. The highest BCUT2D eigenvalue weighted by Crippen LogP contribution is 2.32. The van der Waals surface area contributed by atoms with E-state index in [9.17, 15) is 4.79 Å². The van der Waals surface area contributed by atoms with E-state index in [1.807, 2.05) is 32.0 Å². The number of hydrogen-bond donors (Lipinski definition) is 0. The molecule has 0 saturated heterocycles. The van der Waals surface area contributed by atoms with Crippen molar-refractivity contribution < 1.29 is 14.3 Å². The van der Waals surface area contributed by atoms with E-state index in [1.54, 1.807) is 37.3 Å². The number of rotatable bonds is 5. The molecule has 5 heteroatoms. The first-order valence-electron chi connectivity index (χ1n) is 7.98. The van der Waals surface area contributed by atoms with E-state index in [1.165, 1.54) is 0 Å². The Kier molecular flexibility index (Phi) is 4.91. The number of carbonyl (C=O) groups excluding carboxylic acids is 1. The van der Waals surface area contributed by atoms with Crippen LogP contribution in [0.5, 0.6) is 17.4 Å². The zero-order chi connectivity index (χ0) is 18.0. The molecule has 0 amide bonds. The normalized spacial score (nSPS) is 10.9. The van der Waals surface area contributed by atoms with E-state index in [2.05, 4.69) is 4.98 Å². The number of carbonyl (C=O) groups is 1. The largest absolute Gasteiger partial charge is 0.489 e. The molecule has 0 aliphatic carbocycles. The maximum absolute atomic E-state index is 11.5. The number of aromatic nitrogens is 1. The topological polar surface area (TPSA) is 48.4 Å². The van der Waals surface area contributed by atoms with Crippen LogP contribution in [-0.2, 0) is 0 Å². The average Bonchev–Trinajstić information content (AvgIpc) is 2.56. The van der Waals surface area contributed by atoms with Gasteiger partial charge in [-0.1, -0.05) is 11.6 Å². The van der Waals surface area contributed by atoms with Crippen LogP contribution in [0.1, 0.15) is 31.1 Å². The Hall–Kier alpha value is -2.59. The molecule has 3 aromatic rings. The average molecular weight is 356 g/mol. The molecule has 128 valence electrons. The number of pyridine rings is 1. The first-order chi connectivity index (χ1) is 11.9. The quantitative estimate of drug-likeness (QED) is 0.553. The Bertz CT molecular complexity index is 937. The molecule has 4 nitrogen and oxygen atoms in total. The lowest BCUT2D eigenvalue weighted by Gasteiger charge is -2.12. The number of ether oxygens (including phenoxy) is 2. The van der Waals surface area contributed by atoms with E-state index in [4.69, 9.17) is 21.1 Å². The number of hydrogen-bond acceptors (Lipinski definition) is 4. The fraction of sp³-hybridized carbons (Fsp3) is 0.200. The van der Waals surface area contributed by atoms with Gasteiger partial charge in [0.05, 0.1) is 16.6 Å². The van der Waals surface area contributed by atoms with Crippen molar-refractivity contribution in [2.75, 3.05) is 0 Å². The molecule has 2 aromatic carbocycles. The van der Waals surface area contributed by atoms with Gasteiger partial charge in [-0.3, -0.25) is 4.79 Å². The van der Waals surface area contributed by atoms with E-state index in [0.717, 1.165) is 10.9 Å². The number of fused-ring (bicyclic) bond motifs is 1. The number of nitrogens with zero attached hydrogens (tertiary/aromatic N) is 1. The minimum Gasteiger partial charge on any atom is -0.489 e. The van der Waals surface area contributed by atoms with E-state index >= 15 is 0 Å². The second kappa shape index (κ2) is 7.11. The molecule has 0 N–H and O–H groups in total. The van der Waals surface area contributed by atoms with Gasteiger partial charge in [0.2, 0.25) is 5.88 Å². The fourth-order valence-corrected chi connectivity index (χ4v) is 2.61. The predicted octanol–water partition coefficient (Wildman–Crippen LogP) is 5.67. The van der Waals surface area contributed by atoms with Gasteiger partial charge in [-0.25, -0.2) is 4.98 Å². The fourth-order valence-electron chi connectivity index (χ4n) is 2.40. The lowest BCUT2D eigenvalue weighted by molar-refractivity contribution is 0.101. The molecular formula is C20H18ClNO3. The number of Topliss-reactive ketones (excluding diaryl/α,β-unsaturated/α-hetero) is 1. The second-order valence-electron chi connectivity index (χ2n) is 5.97. The van der Waals surface area contributed by atoms with E-state index < -0.39 is 0 Å². The van der Waals surface area contributed by atoms with E-state index in [-0.39, 0.29) is 11.9 Å². The third-order valence-corrected chi connectivity index (χ3v) is 3.85. The summed E-state index contributed by atoms with van der Waals surface area (Å²) in [5, 5.41) is 1.37. The van der Waals surface area contributed by atoms with Crippen LogP contribution in [-0.4, -0.2) is 16.9 Å². The van der Waals surface area contributed by atoms with Crippen LogP contribution in [0.3, 0.4) is 0 Å². The van der Waals surface area contributed by atoms with Crippen molar-refractivity contribution >= 4 is 28.3 Å². The maximum Gasteiger partial charge on any atom is 0.219 e. The number of benzene rings is 2. The van der Waals surface area contributed by atoms with Gasteiger partial charge in [-0.15, -0.1) is 0 Å². The van der Waals surface area contributed by atoms with Gasteiger partial charge in [0.15, 0.2) is 5.78 Å². The maximum atomic E-state index is 11.5. The standard InChI is InChI=1S/C20H18ClNO3/c1-12(2)24-19-8-6-16(11-17(19)21)25-20-9-5-15-10-14(13(3)23)4-7-18(15)22-20/h4-12H,1-3H3. The van der Waals surface area contributed by atoms with Gasteiger partial charge >= 0.3 is 0 Å². The summed E-state index contributed by atoms with van der Waals surface area (Å²) in [6.07, 6.45) is 0.0475. The van der Waals surface area contributed by atoms with Gasteiger partial charge in [0.25, 0.3) is 0 Å².